The number of nitrogens with one attached hydrogen (secondary N) is 1. The minimum atomic E-state index is -3.88. The molecule has 0 bridgehead atoms. The number of hydrogen-bond donors (Lipinski definition) is 1. The Morgan fingerprint density at radius 3 is 2.34 bits per heavy atom. The zero-order valence-corrected chi connectivity index (χ0v) is 24.7. The minimum absolute atomic E-state index is 0.0350. The van der Waals surface area contributed by atoms with Crippen LogP contribution in [0.3, 0.4) is 0 Å². The predicted molar refractivity (Wildman–Crippen MR) is 158 cm³/mol. The van der Waals surface area contributed by atoms with E-state index in [1.54, 1.807) is 18.2 Å². The Hall–Kier alpha value is -4.05. The highest BCUT2D eigenvalue weighted by Gasteiger charge is 2.34. The van der Waals surface area contributed by atoms with Crippen molar-refractivity contribution in [2.75, 3.05) is 23.9 Å². The summed E-state index contributed by atoms with van der Waals surface area (Å²) in [7, 11) is -3.88. The summed E-state index contributed by atoms with van der Waals surface area (Å²) in [5, 5.41) is 3.03. The van der Waals surface area contributed by atoms with Crippen molar-refractivity contribution < 1.29 is 27.5 Å². The van der Waals surface area contributed by atoms with Gasteiger partial charge in [0.15, 0.2) is 11.5 Å². The van der Waals surface area contributed by atoms with Crippen molar-refractivity contribution in [3.63, 3.8) is 0 Å². The van der Waals surface area contributed by atoms with E-state index in [2.05, 4.69) is 5.32 Å². The van der Waals surface area contributed by atoms with Crippen LogP contribution in [0.5, 0.6) is 11.5 Å². The van der Waals surface area contributed by atoms with Gasteiger partial charge in [-0.2, -0.15) is 0 Å². The number of anilines is 1. The fraction of sp³-hybridized carbons (Fsp3) is 0.355. The largest absolute Gasteiger partial charge is 0.454 e. The first-order valence-electron chi connectivity index (χ1n) is 13.6. The van der Waals surface area contributed by atoms with E-state index in [1.165, 1.54) is 4.90 Å². The van der Waals surface area contributed by atoms with E-state index in [9.17, 15) is 18.0 Å². The number of nitrogens with zero attached hydrogens (tertiary/aromatic N) is 2. The van der Waals surface area contributed by atoms with E-state index < -0.39 is 28.5 Å². The molecule has 1 heterocycles. The third kappa shape index (κ3) is 7.58. The minimum Gasteiger partial charge on any atom is -0.454 e. The lowest BCUT2D eigenvalue weighted by atomic mass is 10.0. The van der Waals surface area contributed by atoms with Crippen molar-refractivity contribution in [1.82, 2.24) is 10.2 Å². The third-order valence-corrected chi connectivity index (χ3v) is 8.34. The lowest BCUT2D eigenvalue weighted by molar-refractivity contribution is -0.140. The summed E-state index contributed by atoms with van der Waals surface area (Å²) in [5.41, 5.74) is 2.98. The van der Waals surface area contributed by atoms with Crippen LogP contribution in [0, 0.1) is 6.92 Å². The van der Waals surface area contributed by atoms with Gasteiger partial charge in [0.25, 0.3) is 0 Å². The molecule has 1 aliphatic rings. The van der Waals surface area contributed by atoms with E-state index in [4.69, 9.17) is 9.47 Å². The van der Waals surface area contributed by atoms with Gasteiger partial charge in [0, 0.05) is 25.1 Å². The van der Waals surface area contributed by atoms with Gasteiger partial charge in [-0.1, -0.05) is 61.5 Å². The van der Waals surface area contributed by atoms with Gasteiger partial charge in [-0.15, -0.1) is 0 Å². The molecule has 0 fully saturated rings. The highest BCUT2D eigenvalue weighted by atomic mass is 32.2. The van der Waals surface area contributed by atoms with E-state index in [0.717, 1.165) is 33.7 Å². The third-order valence-electron chi connectivity index (χ3n) is 7.20. The molecule has 41 heavy (non-hydrogen) atoms. The Kier molecular flexibility index (Phi) is 9.54. The summed E-state index contributed by atoms with van der Waals surface area (Å²) in [4.78, 5) is 29.4. The summed E-state index contributed by atoms with van der Waals surface area (Å²) in [6.07, 6.45) is 2.04. The second kappa shape index (κ2) is 13.1. The fourth-order valence-electron chi connectivity index (χ4n) is 4.62. The smallest absolute Gasteiger partial charge is 0.244 e. The molecule has 0 unspecified atom stereocenters. The number of carbonyl (C=O) groups is 2. The molecule has 2 atom stereocenters. The van der Waals surface area contributed by atoms with Crippen LogP contribution in [-0.4, -0.2) is 56.8 Å². The van der Waals surface area contributed by atoms with Crippen molar-refractivity contribution in [3.05, 3.63) is 89.5 Å². The van der Waals surface area contributed by atoms with Gasteiger partial charge in [-0.25, -0.2) is 8.42 Å². The average Bonchev–Trinajstić information content (AvgIpc) is 3.42. The van der Waals surface area contributed by atoms with Crippen LogP contribution >= 0.6 is 0 Å². The molecule has 1 aliphatic heterocycles. The first-order chi connectivity index (χ1) is 19.6. The number of hydrogen-bond acceptors (Lipinski definition) is 6. The number of fused-ring (bicyclic) bond motifs is 1. The molecule has 0 saturated carbocycles. The first-order valence-corrected chi connectivity index (χ1v) is 15.5. The first kappa shape index (κ1) is 29.9. The zero-order valence-electron chi connectivity index (χ0n) is 23.9. The number of amides is 2. The van der Waals surface area contributed by atoms with E-state index in [0.29, 0.717) is 11.5 Å². The topological polar surface area (TPSA) is 105 Å². The van der Waals surface area contributed by atoms with E-state index in [-0.39, 0.29) is 37.4 Å². The van der Waals surface area contributed by atoms with Gasteiger partial charge in [-0.05, 0) is 49.1 Å². The Labute approximate surface area is 242 Å². The van der Waals surface area contributed by atoms with Gasteiger partial charge in [0.2, 0.25) is 28.6 Å². The Balaban J connectivity index is 1.74. The van der Waals surface area contributed by atoms with Crippen molar-refractivity contribution in [3.8, 4) is 11.5 Å². The van der Waals surface area contributed by atoms with Gasteiger partial charge < -0.3 is 19.7 Å². The van der Waals surface area contributed by atoms with Crippen LogP contribution in [0.4, 0.5) is 5.69 Å². The molecule has 0 saturated heterocycles. The van der Waals surface area contributed by atoms with Gasteiger partial charge in [0.05, 0.1) is 11.9 Å². The second-order valence-corrected chi connectivity index (χ2v) is 12.2. The highest BCUT2D eigenvalue weighted by molar-refractivity contribution is 7.92. The summed E-state index contributed by atoms with van der Waals surface area (Å²) >= 11 is 0. The number of sulfonamides is 1. The molecule has 4 rings (SSSR count). The average molecular weight is 580 g/mol. The molecule has 0 radical (unpaired) electrons. The second-order valence-electron chi connectivity index (χ2n) is 10.3. The van der Waals surface area contributed by atoms with Crippen LogP contribution in [0.15, 0.2) is 72.8 Å². The molecule has 3 aromatic carbocycles. The summed E-state index contributed by atoms with van der Waals surface area (Å²) in [6.45, 7) is 5.51. The van der Waals surface area contributed by atoms with Gasteiger partial charge >= 0.3 is 0 Å². The summed E-state index contributed by atoms with van der Waals surface area (Å²) < 4.78 is 37.8. The Morgan fingerprint density at radius 1 is 0.976 bits per heavy atom. The molecule has 0 aliphatic carbocycles. The van der Waals surface area contributed by atoms with Crippen molar-refractivity contribution in [1.29, 1.82) is 0 Å². The molecule has 10 heteroatoms. The maximum absolute atomic E-state index is 14.2. The van der Waals surface area contributed by atoms with Crippen LogP contribution in [-0.2, 0) is 32.6 Å². The molecule has 0 aromatic heterocycles. The number of aryl methyl sites for hydroxylation is 1. The van der Waals surface area contributed by atoms with Crippen LogP contribution in [0.2, 0.25) is 0 Å². The van der Waals surface area contributed by atoms with Crippen LogP contribution in [0.25, 0.3) is 0 Å². The lowest BCUT2D eigenvalue weighted by Crippen LogP contribution is -2.54. The molecule has 9 nitrogen and oxygen atoms in total. The SMILES string of the molecule is CC[C@H](C)NC(=O)[C@H](Cc1ccccc1)N(Cc1ccccc1C)C(=O)CN(c1ccc2c(c1)OCO2)S(C)(=O)=O. The van der Waals surface area contributed by atoms with Gasteiger partial charge in [-0.3, -0.25) is 13.9 Å². The molecule has 0 spiro atoms. The maximum atomic E-state index is 14.2. The van der Waals surface area contributed by atoms with Crippen molar-refractivity contribution >= 4 is 27.5 Å². The number of rotatable bonds is 12. The maximum Gasteiger partial charge on any atom is 0.244 e. The lowest BCUT2D eigenvalue weighted by Gasteiger charge is -2.34. The Morgan fingerprint density at radius 2 is 1.66 bits per heavy atom. The van der Waals surface area contributed by atoms with E-state index >= 15 is 0 Å². The predicted octanol–water partition coefficient (Wildman–Crippen LogP) is 4.04. The van der Waals surface area contributed by atoms with Crippen LogP contribution < -0.4 is 19.1 Å². The fourth-order valence-corrected chi connectivity index (χ4v) is 5.46. The molecule has 1 N–H and O–H groups in total. The van der Waals surface area contributed by atoms with Crippen molar-refractivity contribution in [2.24, 2.45) is 0 Å². The number of carbonyl (C=O) groups excluding carboxylic acids is 2. The highest BCUT2D eigenvalue weighted by Crippen LogP contribution is 2.36. The summed E-state index contributed by atoms with van der Waals surface area (Å²) in [6, 6.07) is 20.9. The summed E-state index contributed by atoms with van der Waals surface area (Å²) in [5.74, 6) is 0.102. The zero-order chi connectivity index (χ0) is 29.6. The number of benzene rings is 3. The quantitative estimate of drug-likeness (QED) is 0.347. The number of ether oxygens (including phenoxy) is 2. The molecule has 3 aromatic rings. The van der Waals surface area contributed by atoms with Crippen molar-refractivity contribution in [2.45, 2.75) is 52.2 Å². The van der Waals surface area contributed by atoms with E-state index in [1.807, 2.05) is 75.4 Å². The van der Waals surface area contributed by atoms with Gasteiger partial charge in [0.1, 0.15) is 12.6 Å². The molecule has 218 valence electrons. The normalized spacial score (nSPS) is 13.8. The molecule has 2 amide bonds. The standard InChI is InChI=1S/C31H37N3O6S/c1-5-23(3)32-31(36)27(17-24-12-7-6-8-13-24)33(19-25-14-10-9-11-22(25)2)30(35)20-34(41(4,37)38)26-15-16-28-29(18-26)40-21-39-28/h6-16,18,23,27H,5,17,19-21H2,1-4H3,(H,32,36)/t23-,27-/m0/s1. The van der Waals surface area contributed by atoms with Crippen LogP contribution in [0.1, 0.15) is 37.0 Å². The molecular weight excluding hydrogens is 542 g/mol. The Bertz CT molecular complexity index is 1480. The monoisotopic (exact) mass is 579 g/mol. The molecular formula is C31H37N3O6S.